The molecule has 4 rings (SSSR count). The van der Waals surface area contributed by atoms with Crippen LogP contribution in [0, 0.1) is 12.8 Å². The van der Waals surface area contributed by atoms with Crippen LogP contribution in [0.5, 0.6) is 0 Å². The molecule has 2 fully saturated rings. The summed E-state index contributed by atoms with van der Waals surface area (Å²) in [5.74, 6) is -0.171. The van der Waals surface area contributed by atoms with E-state index in [1.54, 1.807) is 12.1 Å². The Kier molecular flexibility index (Phi) is 6.41. The van der Waals surface area contributed by atoms with Gasteiger partial charge in [0.1, 0.15) is 6.04 Å². The van der Waals surface area contributed by atoms with Gasteiger partial charge < -0.3 is 5.11 Å². The van der Waals surface area contributed by atoms with Gasteiger partial charge in [-0.1, -0.05) is 54.4 Å². The third-order valence-electron chi connectivity index (χ3n) is 5.92. The fourth-order valence-electron chi connectivity index (χ4n) is 4.48. The summed E-state index contributed by atoms with van der Waals surface area (Å²) in [6, 6.07) is 16.1. The van der Waals surface area contributed by atoms with Crippen molar-refractivity contribution in [3.63, 3.8) is 0 Å². The number of nitrogens with one attached hydrogen (secondary N) is 1. The number of carbonyl (C=O) groups is 1. The van der Waals surface area contributed by atoms with E-state index in [0.29, 0.717) is 5.92 Å². The van der Waals surface area contributed by atoms with E-state index >= 15 is 0 Å². The van der Waals surface area contributed by atoms with Gasteiger partial charge in [-0.3, -0.25) is 14.7 Å². The molecule has 1 aliphatic heterocycles. The Balaban J connectivity index is 0.000000188. The summed E-state index contributed by atoms with van der Waals surface area (Å²) < 4.78 is 29.6. The van der Waals surface area contributed by atoms with Gasteiger partial charge in [-0.2, -0.15) is 8.42 Å². The van der Waals surface area contributed by atoms with Crippen LogP contribution in [0.2, 0.25) is 0 Å². The molecule has 156 valence electrons. The van der Waals surface area contributed by atoms with Crippen molar-refractivity contribution < 1.29 is 22.9 Å². The molecule has 0 spiro atoms. The van der Waals surface area contributed by atoms with Crippen molar-refractivity contribution in [2.24, 2.45) is 5.92 Å². The monoisotopic (exact) mass is 417 g/mol. The molecule has 2 aliphatic rings. The second kappa shape index (κ2) is 8.65. The van der Waals surface area contributed by atoms with E-state index in [-0.39, 0.29) is 16.5 Å². The first kappa shape index (κ1) is 21.5. The number of carboxylic acids is 1. The Labute approximate surface area is 171 Å². The largest absolute Gasteiger partial charge is 0.480 e. The SMILES string of the molecule is Cc1ccc(S(=O)(=O)O)cc1.O=C(O)[C@@H]1C[C@@H]2CCC[C@@]2(Cc2ccccc2)N1. The lowest BCUT2D eigenvalue weighted by molar-refractivity contribution is -0.139. The van der Waals surface area contributed by atoms with E-state index in [4.69, 9.17) is 4.55 Å². The van der Waals surface area contributed by atoms with Crippen molar-refractivity contribution in [3.05, 3.63) is 65.7 Å². The molecule has 1 heterocycles. The van der Waals surface area contributed by atoms with Crippen molar-refractivity contribution in [3.8, 4) is 0 Å². The molecule has 29 heavy (non-hydrogen) atoms. The highest BCUT2D eigenvalue weighted by Crippen LogP contribution is 2.45. The van der Waals surface area contributed by atoms with Gasteiger partial charge in [0.25, 0.3) is 10.1 Å². The molecule has 3 N–H and O–H groups in total. The van der Waals surface area contributed by atoms with E-state index in [2.05, 4.69) is 29.6 Å². The molecule has 7 heteroatoms. The van der Waals surface area contributed by atoms with E-state index < -0.39 is 16.1 Å². The molecule has 0 aromatic heterocycles. The molecule has 0 amide bonds. The standard InChI is InChI=1S/C15H19NO2.C7H8O3S/c17-14(18)13-9-12-7-4-8-15(12,16-13)10-11-5-2-1-3-6-11;1-6-2-4-7(5-3-6)11(8,9)10/h1-3,5-6,12-13,16H,4,7-10H2,(H,17,18);2-5H,1H3,(H,8,9,10)/t12-,13-,15-;/m0./s1. The third kappa shape index (κ3) is 5.23. The Bertz CT molecular complexity index is 943. The van der Waals surface area contributed by atoms with Crippen molar-refractivity contribution in [1.82, 2.24) is 5.32 Å². The molecule has 0 unspecified atom stereocenters. The molecule has 1 saturated heterocycles. The van der Waals surface area contributed by atoms with Crippen LogP contribution >= 0.6 is 0 Å². The third-order valence-corrected chi connectivity index (χ3v) is 6.79. The summed E-state index contributed by atoms with van der Waals surface area (Å²) in [7, 11) is -4.02. The van der Waals surface area contributed by atoms with Gasteiger partial charge in [-0.15, -0.1) is 0 Å². The van der Waals surface area contributed by atoms with Crippen molar-refractivity contribution in [1.29, 1.82) is 0 Å². The van der Waals surface area contributed by atoms with E-state index in [1.807, 2.05) is 13.0 Å². The molecule has 2 aromatic rings. The van der Waals surface area contributed by atoms with Gasteiger partial charge in [0.05, 0.1) is 4.90 Å². The first-order valence-electron chi connectivity index (χ1n) is 9.78. The van der Waals surface area contributed by atoms with Crippen molar-refractivity contribution in [2.45, 2.75) is 55.5 Å². The van der Waals surface area contributed by atoms with Crippen LogP contribution in [0.4, 0.5) is 0 Å². The highest BCUT2D eigenvalue weighted by Gasteiger charge is 2.51. The average Bonchev–Trinajstić information content (AvgIpc) is 3.19. The maximum absolute atomic E-state index is 11.2. The van der Waals surface area contributed by atoms with Gasteiger partial charge >= 0.3 is 5.97 Å². The summed E-state index contributed by atoms with van der Waals surface area (Å²) in [4.78, 5) is 11.1. The van der Waals surface area contributed by atoms with E-state index in [9.17, 15) is 18.3 Å². The van der Waals surface area contributed by atoms with Crippen LogP contribution in [0.15, 0.2) is 59.5 Å². The van der Waals surface area contributed by atoms with Crippen LogP contribution in [-0.4, -0.2) is 35.6 Å². The first-order valence-corrected chi connectivity index (χ1v) is 11.2. The van der Waals surface area contributed by atoms with E-state index in [0.717, 1.165) is 24.8 Å². The van der Waals surface area contributed by atoms with Crippen LogP contribution in [0.25, 0.3) is 0 Å². The van der Waals surface area contributed by atoms with Gasteiger partial charge in [0.15, 0.2) is 0 Å². The number of aliphatic carboxylic acids is 1. The summed E-state index contributed by atoms with van der Waals surface area (Å²) in [6.07, 6.45) is 5.25. The van der Waals surface area contributed by atoms with Crippen LogP contribution < -0.4 is 5.32 Å². The zero-order valence-corrected chi connectivity index (χ0v) is 17.2. The molecule has 6 nitrogen and oxygen atoms in total. The van der Waals surface area contributed by atoms with Crippen LogP contribution in [0.1, 0.15) is 36.8 Å². The zero-order chi connectivity index (χ0) is 21.1. The zero-order valence-electron chi connectivity index (χ0n) is 16.4. The minimum Gasteiger partial charge on any atom is -0.480 e. The number of aryl methyl sites for hydroxylation is 1. The Hall–Kier alpha value is -2.22. The van der Waals surface area contributed by atoms with Gasteiger partial charge in [0.2, 0.25) is 0 Å². The molecular weight excluding hydrogens is 390 g/mol. The normalized spacial score (nSPS) is 25.7. The maximum atomic E-state index is 11.2. The average molecular weight is 418 g/mol. The highest BCUT2D eigenvalue weighted by molar-refractivity contribution is 7.85. The minimum absolute atomic E-state index is 0.0322. The Morgan fingerprint density at radius 3 is 2.38 bits per heavy atom. The van der Waals surface area contributed by atoms with Crippen molar-refractivity contribution >= 4 is 16.1 Å². The minimum atomic E-state index is -4.02. The van der Waals surface area contributed by atoms with Crippen LogP contribution in [0.3, 0.4) is 0 Å². The summed E-state index contributed by atoms with van der Waals surface area (Å²) >= 11 is 0. The highest BCUT2D eigenvalue weighted by atomic mass is 32.2. The molecule has 1 saturated carbocycles. The predicted molar refractivity (Wildman–Crippen MR) is 110 cm³/mol. The van der Waals surface area contributed by atoms with Crippen molar-refractivity contribution in [2.75, 3.05) is 0 Å². The van der Waals surface area contributed by atoms with Gasteiger partial charge in [-0.25, -0.2) is 0 Å². The number of benzene rings is 2. The fourth-order valence-corrected chi connectivity index (χ4v) is 4.96. The lowest BCUT2D eigenvalue weighted by Crippen LogP contribution is -2.48. The van der Waals surface area contributed by atoms with Gasteiger partial charge in [0, 0.05) is 5.54 Å². The molecule has 2 aromatic carbocycles. The molecule has 0 radical (unpaired) electrons. The number of rotatable bonds is 4. The summed E-state index contributed by atoms with van der Waals surface area (Å²) in [5, 5.41) is 12.6. The lowest BCUT2D eigenvalue weighted by atomic mass is 9.83. The second-order valence-electron chi connectivity index (χ2n) is 7.97. The first-order chi connectivity index (χ1) is 13.7. The lowest BCUT2D eigenvalue weighted by Gasteiger charge is -2.30. The summed E-state index contributed by atoms with van der Waals surface area (Å²) in [6.45, 7) is 1.84. The quantitative estimate of drug-likeness (QED) is 0.658. The fraction of sp³-hybridized carbons (Fsp3) is 0.409. The summed E-state index contributed by atoms with van der Waals surface area (Å²) in [5.41, 5.74) is 2.30. The molecule has 3 atom stereocenters. The smallest absolute Gasteiger partial charge is 0.320 e. The maximum Gasteiger partial charge on any atom is 0.320 e. The predicted octanol–water partition coefficient (Wildman–Crippen LogP) is 3.46. The number of carboxylic acid groups (broad SMARTS) is 1. The Morgan fingerprint density at radius 2 is 1.79 bits per heavy atom. The molecular formula is C22H27NO5S. The number of hydrogen-bond donors (Lipinski definition) is 3. The number of fused-ring (bicyclic) bond motifs is 1. The topological polar surface area (TPSA) is 104 Å². The number of hydrogen-bond acceptors (Lipinski definition) is 4. The molecule has 0 bridgehead atoms. The molecule has 1 aliphatic carbocycles. The second-order valence-corrected chi connectivity index (χ2v) is 9.39. The Morgan fingerprint density at radius 1 is 1.14 bits per heavy atom. The van der Waals surface area contributed by atoms with Crippen LogP contribution in [-0.2, 0) is 21.3 Å². The van der Waals surface area contributed by atoms with E-state index in [1.165, 1.54) is 30.5 Å². The van der Waals surface area contributed by atoms with Gasteiger partial charge in [-0.05, 0) is 56.2 Å².